The number of ether oxygens (including phenoxy) is 2. The number of rotatable bonds is 3. The average molecular weight is 250 g/mol. The van der Waals surface area contributed by atoms with E-state index in [2.05, 4.69) is 31.1 Å². The van der Waals surface area contributed by atoms with E-state index < -0.39 is 0 Å². The zero-order chi connectivity index (χ0) is 13.0. The number of anilines is 1. The second kappa shape index (κ2) is 5.57. The molecule has 18 heavy (non-hydrogen) atoms. The molecular formula is C14H22N2O2. The smallest absolute Gasteiger partial charge is 0.237 e. The highest BCUT2D eigenvalue weighted by atomic mass is 16.5. The van der Waals surface area contributed by atoms with E-state index in [1.54, 1.807) is 6.20 Å². The minimum Gasteiger partial charge on any atom is -0.473 e. The van der Waals surface area contributed by atoms with E-state index in [-0.39, 0.29) is 11.6 Å². The van der Waals surface area contributed by atoms with Crippen LogP contribution in [0.15, 0.2) is 18.3 Å². The van der Waals surface area contributed by atoms with Gasteiger partial charge in [-0.3, -0.25) is 0 Å². The molecule has 2 rings (SSSR count). The summed E-state index contributed by atoms with van der Waals surface area (Å²) < 4.78 is 11.3. The monoisotopic (exact) mass is 250 g/mol. The lowest BCUT2D eigenvalue weighted by atomic mass is 10.1. The number of aromatic nitrogens is 1. The van der Waals surface area contributed by atoms with Gasteiger partial charge in [0.1, 0.15) is 6.10 Å². The van der Waals surface area contributed by atoms with Crippen LogP contribution in [0, 0.1) is 0 Å². The predicted molar refractivity (Wildman–Crippen MR) is 72.1 cm³/mol. The molecule has 4 heteroatoms. The second-order valence-corrected chi connectivity index (χ2v) is 5.66. The Hall–Kier alpha value is -1.29. The first-order valence-electron chi connectivity index (χ1n) is 6.52. The van der Waals surface area contributed by atoms with E-state index in [1.807, 2.05) is 12.1 Å². The molecule has 0 unspecified atom stereocenters. The predicted octanol–water partition coefficient (Wildman–Crippen LogP) is 2.85. The van der Waals surface area contributed by atoms with Crippen LogP contribution in [0.3, 0.4) is 0 Å². The molecule has 100 valence electrons. The topological polar surface area (TPSA) is 43.4 Å². The Morgan fingerprint density at radius 3 is 2.72 bits per heavy atom. The minimum atomic E-state index is -0.00316. The summed E-state index contributed by atoms with van der Waals surface area (Å²) in [4.78, 5) is 4.33. The van der Waals surface area contributed by atoms with E-state index >= 15 is 0 Å². The molecule has 1 fully saturated rings. The number of hydrogen-bond acceptors (Lipinski definition) is 4. The summed E-state index contributed by atoms with van der Waals surface area (Å²) in [5.74, 6) is 0.694. The summed E-state index contributed by atoms with van der Waals surface area (Å²) in [6.45, 7) is 7.92. The molecule has 1 aliphatic heterocycles. The highest BCUT2D eigenvalue weighted by Gasteiger charge is 2.19. The van der Waals surface area contributed by atoms with Gasteiger partial charge in [-0.05, 0) is 32.9 Å². The van der Waals surface area contributed by atoms with Crippen molar-refractivity contribution in [3.8, 4) is 5.88 Å². The molecule has 4 nitrogen and oxygen atoms in total. The van der Waals surface area contributed by atoms with E-state index in [0.717, 1.165) is 31.7 Å². The Morgan fingerprint density at radius 2 is 2.06 bits per heavy atom. The summed E-state index contributed by atoms with van der Waals surface area (Å²) in [5, 5.41) is 3.42. The molecule has 1 N–H and O–H groups in total. The quantitative estimate of drug-likeness (QED) is 0.896. The van der Waals surface area contributed by atoms with E-state index in [0.29, 0.717) is 5.88 Å². The van der Waals surface area contributed by atoms with Crippen molar-refractivity contribution in [2.75, 3.05) is 18.5 Å². The summed E-state index contributed by atoms with van der Waals surface area (Å²) >= 11 is 0. The third-order valence-electron chi connectivity index (χ3n) is 2.73. The molecular weight excluding hydrogens is 228 g/mol. The van der Waals surface area contributed by atoms with Gasteiger partial charge in [-0.15, -0.1) is 0 Å². The van der Waals surface area contributed by atoms with Crippen LogP contribution in [0.2, 0.25) is 0 Å². The lowest BCUT2D eigenvalue weighted by Crippen LogP contribution is -2.29. The third-order valence-corrected chi connectivity index (χ3v) is 2.73. The molecule has 0 aromatic carbocycles. The van der Waals surface area contributed by atoms with Gasteiger partial charge in [-0.2, -0.15) is 0 Å². The fraction of sp³-hybridized carbons (Fsp3) is 0.643. The highest BCUT2D eigenvalue weighted by Crippen LogP contribution is 2.26. The maximum Gasteiger partial charge on any atom is 0.237 e. The van der Waals surface area contributed by atoms with Crippen LogP contribution in [0.4, 0.5) is 5.69 Å². The van der Waals surface area contributed by atoms with Gasteiger partial charge in [-0.1, -0.05) is 0 Å². The molecule has 1 saturated heterocycles. The molecule has 1 aromatic heterocycles. The van der Waals surface area contributed by atoms with Crippen molar-refractivity contribution in [3.63, 3.8) is 0 Å². The van der Waals surface area contributed by atoms with Crippen LogP contribution in [0.25, 0.3) is 0 Å². The Balaban J connectivity index is 2.06. The van der Waals surface area contributed by atoms with Crippen molar-refractivity contribution in [2.45, 2.75) is 45.3 Å². The lowest BCUT2D eigenvalue weighted by molar-refractivity contribution is 0.0240. The van der Waals surface area contributed by atoms with Gasteiger partial charge in [0, 0.05) is 24.6 Å². The molecule has 0 saturated carbocycles. The Bertz CT molecular complexity index is 382. The van der Waals surface area contributed by atoms with Crippen molar-refractivity contribution in [1.82, 2.24) is 4.98 Å². The Kier molecular flexibility index (Phi) is 4.07. The first-order valence-corrected chi connectivity index (χ1v) is 6.52. The van der Waals surface area contributed by atoms with Gasteiger partial charge < -0.3 is 14.8 Å². The van der Waals surface area contributed by atoms with Gasteiger partial charge in [0.05, 0.1) is 18.9 Å². The van der Waals surface area contributed by atoms with Crippen LogP contribution in [0.1, 0.15) is 33.6 Å². The van der Waals surface area contributed by atoms with Crippen LogP contribution in [-0.4, -0.2) is 29.8 Å². The number of pyridine rings is 1. The fourth-order valence-electron chi connectivity index (χ4n) is 1.94. The molecule has 0 radical (unpaired) electrons. The van der Waals surface area contributed by atoms with Crippen LogP contribution >= 0.6 is 0 Å². The Labute approximate surface area is 109 Å². The SMILES string of the molecule is CC(C)(C)Nc1cccnc1OC1CCOCC1. The first-order chi connectivity index (χ1) is 8.54. The fourth-order valence-corrected chi connectivity index (χ4v) is 1.94. The first kappa shape index (κ1) is 13.1. The standard InChI is InChI=1S/C14H22N2O2/c1-14(2,3)16-12-5-4-8-15-13(12)18-11-6-9-17-10-7-11/h4-5,8,11,16H,6-7,9-10H2,1-3H3. The lowest BCUT2D eigenvalue weighted by Gasteiger charge is -2.26. The number of nitrogens with one attached hydrogen (secondary N) is 1. The molecule has 0 spiro atoms. The van der Waals surface area contributed by atoms with E-state index in [4.69, 9.17) is 9.47 Å². The highest BCUT2D eigenvalue weighted by molar-refractivity contribution is 5.53. The Morgan fingerprint density at radius 1 is 1.33 bits per heavy atom. The van der Waals surface area contributed by atoms with Crippen molar-refractivity contribution in [3.05, 3.63) is 18.3 Å². The van der Waals surface area contributed by atoms with Crippen LogP contribution < -0.4 is 10.1 Å². The molecule has 0 amide bonds. The zero-order valence-corrected chi connectivity index (χ0v) is 11.4. The summed E-state index contributed by atoms with van der Waals surface area (Å²) in [7, 11) is 0. The molecule has 0 aliphatic carbocycles. The van der Waals surface area contributed by atoms with E-state index in [9.17, 15) is 0 Å². The molecule has 1 aromatic rings. The van der Waals surface area contributed by atoms with Crippen molar-refractivity contribution >= 4 is 5.69 Å². The minimum absolute atomic E-state index is 0.00316. The number of hydrogen-bond donors (Lipinski definition) is 1. The summed E-state index contributed by atoms with van der Waals surface area (Å²) in [6, 6.07) is 3.93. The normalized spacial score (nSPS) is 17.5. The van der Waals surface area contributed by atoms with Crippen LogP contribution in [-0.2, 0) is 4.74 Å². The van der Waals surface area contributed by atoms with Gasteiger partial charge in [-0.25, -0.2) is 4.98 Å². The van der Waals surface area contributed by atoms with Gasteiger partial charge in [0.25, 0.3) is 0 Å². The van der Waals surface area contributed by atoms with Gasteiger partial charge in [0.2, 0.25) is 5.88 Å². The number of nitrogens with zero attached hydrogens (tertiary/aromatic N) is 1. The maximum absolute atomic E-state index is 5.98. The molecule has 0 bridgehead atoms. The van der Waals surface area contributed by atoms with E-state index in [1.165, 1.54) is 0 Å². The molecule has 0 atom stereocenters. The maximum atomic E-state index is 5.98. The van der Waals surface area contributed by atoms with Gasteiger partial charge >= 0.3 is 0 Å². The van der Waals surface area contributed by atoms with Gasteiger partial charge in [0.15, 0.2) is 0 Å². The molecule has 2 heterocycles. The summed E-state index contributed by atoms with van der Waals surface area (Å²) in [5.41, 5.74) is 0.952. The third kappa shape index (κ3) is 3.88. The summed E-state index contributed by atoms with van der Waals surface area (Å²) in [6.07, 6.45) is 3.86. The van der Waals surface area contributed by atoms with Crippen LogP contribution in [0.5, 0.6) is 5.88 Å². The largest absolute Gasteiger partial charge is 0.473 e. The molecule has 1 aliphatic rings. The zero-order valence-electron chi connectivity index (χ0n) is 11.4. The van der Waals surface area contributed by atoms with Crippen molar-refractivity contribution in [1.29, 1.82) is 0 Å². The average Bonchev–Trinajstić information content (AvgIpc) is 2.31. The second-order valence-electron chi connectivity index (χ2n) is 5.66. The van der Waals surface area contributed by atoms with Crippen molar-refractivity contribution in [2.24, 2.45) is 0 Å². The van der Waals surface area contributed by atoms with Crippen molar-refractivity contribution < 1.29 is 9.47 Å².